The summed E-state index contributed by atoms with van der Waals surface area (Å²) in [6, 6.07) is 15.3. The zero-order valence-electron chi connectivity index (χ0n) is 38.7. The van der Waals surface area contributed by atoms with Gasteiger partial charge in [-0.3, -0.25) is 18.0 Å². The molecule has 0 unspecified atom stereocenters. The monoisotopic (exact) mass is 969 g/mol. The summed E-state index contributed by atoms with van der Waals surface area (Å²) < 4.78 is 93.7. The lowest BCUT2D eigenvalue weighted by atomic mass is 9.90. The molecule has 0 saturated heterocycles. The summed E-state index contributed by atoms with van der Waals surface area (Å²) in [6.07, 6.45) is -0.0423. The second kappa shape index (κ2) is 29.2. The largest absolute Gasteiger partial charge is 0.463 e. The molecule has 2 aromatic rings. The van der Waals surface area contributed by atoms with Crippen molar-refractivity contribution >= 4 is 35.8 Å². The molecule has 2 aliphatic carbocycles. The van der Waals surface area contributed by atoms with Crippen LogP contribution < -0.4 is 15.7 Å². The number of nitrogens with one attached hydrogen (secondary N) is 3. The number of esters is 1. The van der Waals surface area contributed by atoms with E-state index in [9.17, 15) is 27.4 Å². The van der Waals surface area contributed by atoms with Gasteiger partial charge in [-0.15, -0.1) is 0 Å². The molecule has 0 heterocycles. The minimum Gasteiger partial charge on any atom is -0.463 e. The van der Waals surface area contributed by atoms with E-state index in [1.807, 2.05) is 31.2 Å². The molecule has 4 rings (SSSR count). The molecule has 3 N–H and O–H groups in total. The van der Waals surface area contributed by atoms with Crippen LogP contribution in [0.5, 0.6) is 0 Å². The van der Waals surface area contributed by atoms with Gasteiger partial charge >= 0.3 is 19.8 Å². The Kier molecular flexibility index (Phi) is 24.2. The molecule has 0 aliphatic heterocycles. The highest BCUT2D eigenvalue weighted by molar-refractivity contribution is 7.86. The summed E-state index contributed by atoms with van der Waals surface area (Å²) in [6.45, 7) is 10.3. The molecule has 0 aromatic heterocycles. The van der Waals surface area contributed by atoms with Crippen molar-refractivity contribution in [1.82, 2.24) is 15.7 Å². The molecule has 2 aromatic carbocycles. The second-order valence-electron chi connectivity index (χ2n) is 15.2. The van der Waals surface area contributed by atoms with Gasteiger partial charge in [0, 0.05) is 37.4 Å². The number of hydrogen-bond donors (Lipinski definition) is 3. The number of fused-ring (bicyclic) bond motifs is 3. The Morgan fingerprint density at radius 2 is 1.32 bits per heavy atom. The fraction of sp³-hybridized carbons (Fsp3) is 0.622. The van der Waals surface area contributed by atoms with E-state index in [0.717, 1.165) is 17.4 Å². The Bertz CT molecular complexity index is 1950. The van der Waals surface area contributed by atoms with Crippen molar-refractivity contribution in [3.63, 3.8) is 0 Å². The molecule has 0 fully saturated rings. The first-order chi connectivity index (χ1) is 31.8. The number of benzene rings is 2. The smallest absolute Gasteiger partial charge is 0.407 e. The average Bonchev–Trinajstić information content (AvgIpc) is 3.60. The predicted molar refractivity (Wildman–Crippen MR) is 244 cm³/mol. The molecule has 0 bridgehead atoms. The topological polar surface area (TPSA) is 231 Å². The van der Waals surface area contributed by atoms with Gasteiger partial charge in [-0.1, -0.05) is 55.5 Å². The first-order valence-corrected chi connectivity index (χ1v) is 25.9. The third-order valence-electron chi connectivity index (χ3n) is 10.3. The number of carbonyl (C=O) groups is 3. The maximum atomic E-state index is 13.6. The van der Waals surface area contributed by atoms with E-state index in [1.54, 1.807) is 20.8 Å². The number of alkyl carbamates (subject to hydrolysis) is 1. The fourth-order valence-electron chi connectivity index (χ4n) is 7.39. The Hall–Kier alpha value is -3.79. The lowest BCUT2D eigenvalue weighted by Gasteiger charge is -2.38. The third kappa shape index (κ3) is 18.7. The first kappa shape index (κ1) is 54.8. The van der Waals surface area contributed by atoms with Crippen molar-refractivity contribution in [2.24, 2.45) is 0 Å². The van der Waals surface area contributed by atoms with Crippen LogP contribution in [0.15, 0.2) is 60.2 Å². The van der Waals surface area contributed by atoms with Crippen molar-refractivity contribution in [3.05, 3.63) is 71.3 Å². The molecule has 370 valence electrons. The molecule has 19 nitrogen and oxygen atoms in total. The zero-order chi connectivity index (χ0) is 47.8. The van der Waals surface area contributed by atoms with Gasteiger partial charge in [0.15, 0.2) is 0 Å². The van der Waals surface area contributed by atoms with Crippen molar-refractivity contribution in [1.29, 1.82) is 0 Å². The van der Waals surface area contributed by atoms with E-state index in [0.29, 0.717) is 65.6 Å². The highest BCUT2D eigenvalue weighted by atomic mass is 32.2. The molecule has 0 radical (unpaired) electrons. The number of carbonyl (C=O) groups excluding carboxylic acids is 3. The summed E-state index contributed by atoms with van der Waals surface area (Å²) in [4.78, 5) is 37.7. The normalized spacial score (nSPS) is 17.7. The van der Waals surface area contributed by atoms with Crippen LogP contribution in [0.25, 0.3) is 11.1 Å². The van der Waals surface area contributed by atoms with E-state index in [-0.39, 0.29) is 69.8 Å². The van der Waals surface area contributed by atoms with Gasteiger partial charge in [0.1, 0.15) is 6.61 Å². The van der Waals surface area contributed by atoms with Gasteiger partial charge in [0.2, 0.25) is 5.91 Å². The summed E-state index contributed by atoms with van der Waals surface area (Å²) in [5.74, 6) is -0.894. The van der Waals surface area contributed by atoms with Crippen LogP contribution in [0.4, 0.5) is 4.79 Å². The number of ether oxygens (including phenoxy) is 7. The third-order valence-corrected chi connectivity index (χ3v) is 12.7. The van der Waals surface area contributed by atoms with Crippen LogP contribution in [0.1, 0.15) is 70.4 Å². The van der Waals surface area contributed by atoms with E-state index in [4.69, 9.17) is 46.4 Å². The standard InChI is InChI=1S/C45H68N3O16PS/c1-6-34(63-40-30-33(44(50)59-7-2)31-41(64-66(5,53)54)43(40)48-65(52,61-8-3)62-9-4)18-20-46-42(49)19-22-55-24-26-57-28-29-58-27-25-56-23-21-47-45(51)60-32-39-37-16-12-10-14-35(37)36-15-11-13-17-38(36)39/h10-17,30,34,39-41,43H,6-9,18-29,31-32H2,1-5H3,(H,46,49)(H,47,51)(H,48,52)/t34-,40+,41-,43-/m0/s1. The van der Waals surface area contributed by atoms with Crippen molar-refractivity contribution in [2.45, 2.75) is 83.6 Å². The van der Waals surface area contributed by atoms with Crippen LogP contribution in [0.2, 0.25) is 0 Å². The van der Waals surface area contributed by atoms with Crippen molar-refractivity contribution in [2.75, 3.05) is 98.6 Å². The summed E-state index contributed by atoms with van der Waals surface area (Å²) in [5.41, 5.74) is 4.80. The molecule has 2 aliphatic rings. The molecule has 66 heavy (non-hydrogen) atoms. The quantitative estimate of drug-likeness (QED) is 0.0369. The molecule has 4 atom stereocenters. The highest BCUT2D eigenvalue weighted by Gasteiger charge is 2.44. The van der Waals surface area contributed by atoms with Gasteiger partial charge in [-0.2, -0.15) is 8.42 Å². The molecule has 21 heteroatoms. The van der Waals surface area contributed by atoms with Gasteiger partial charge in [0.05, 0.1) is 103 Å². The Morgan fingerprint density at radius 1 is 0.742 bits per heavy atom. The van der Waals surface area contributed by atoms with Crippen LogP contribution in [0.3, 0.4) is 0 Å². The van der Waals surface area contributed by atoms with Crippen LogP contribution >= 0.6 is 7.75 Å². The predicted octanol–water partition coefficient (Wildman–Crippen LogP) is 5.03. The summed E-state index contributed by atoms with van der Waals surface area (Å²) in [5, 5.41) is 8.38. The lowest BCUT2D eigenvalue weighted by molar-refractivity contribution is -0.139. The molecular formula is C45H68N3O16PS. The fourth-order valence-corrected chi connectivity index (χ4v) is 9.61. The van der Waals surface area contributed by atoms with Crippen molar-refractivity contribution < 1.29 is 73.8 Å². The van der Waals surface area contributed by atoms with E-state index >= 15 is 0 Å². The van der Waals surface area contributed by atoms with E-state index < -0.39 is 54.3 Å². The molecule has 0 spiro atoms. The Labute approximate surface area is 388 Å². The average molecular weight is 970 g/mol. The van der Waals surface area contributed by atoms with Gasteiger partial charge in [-0.05, 0) is 61.9 Å². The van der Waals surface area contributed by atoms with Gasteiger partial charge in [-0.25, -0.2) is 19.2 Å². The lowest BCUT2D eigenvalue weighted by Crippen LogP contribution is -2.53. The first-order valence-electron chi connectivity index (χ1n) is 22.6. The summed E-state index contributed by atoms with van der Waals surface area (Å²) in [7, 11) is -8.01. The van der Waals surface area contributed by atoms with Crippen LogP contribution in [-0.4, -0.2) is 149 Å². The second-order valence-corrected chi connectivity index (χ2v) is 18.5. The Balaban J connectivity index is 1.04. The van der Waals surface area contributed by atoms with Crippen LogP contribution in [0, 0.1) is 0 Å². The van der Waals surface area contributed by atoms with Crippen molar-refractivity contribution in [3.8, 4) is 11.1 Å². The minimum atomic E-state index is -4.05. The maximum Gasteiger partial charge on any atom is 0.407 e. The minimum absolute atomic E-state index is 0.0000991. The highest BCUT2D eigenvalue weighted by Crippen LogP contribution is 2.46. The Morgan fingerprint density at radius 3 is 1.88 bits per heavy atom. The van der Waals surface area contributed by atoms with E-state index in [2.05, 4.69) is 40.0 Å². The molecule has 0 saturated carbocycles. The summed E-state index contributed by atoms with van der Waals surface area (Å²) >= 11 is 0. The van der Waals surface area contributed by atoms with Gasteiger partial charge in [0.25, 0.3) is 10.1 Å². The number of rotatable bonds is 33. The SMILES string of the molecule is CCOC(=O)C1=C[C@@H](O[C@@H](CC)CCNC(=O)CCOCCOCCOCCOCCNC(=O)OCC2c3ccccc3-c3ccccc32)[C@H](NP(=O)(OCC)OCC)[C@@H](OS(C)(=O)=O)C1. The molecular weight excluding hydrogens is 902 g/mol. The number of hydrogen-bond acceptors (Lipinski definition) is 16. The van der Waals surface area contributed by atoms with Crippen LogP contribution in [-0.2, 0) is 70.7 Å². The molecule has 2 amide bonds. The zero-order valence-corrected chi connectivity index (χ0v) is 40.4. The van der Waals surface area contributed by atoms with E-state index in [1.165, 1.54) is 17.2 Å². The van der Waals surface area contributed by atoms with Gasteiger partial charge < -0.3 is 43.8 Å². The maximum absolute atomic E-state index is 13.6. The number of amides is 2.